The summed E-state index contributed by atoms with van der Waals surface area (Å²) in [6.45, 7) is 12.3. The summed E-state index contributed by atoms with van der Waals surface area (Å²) in [6.07, 6.45) is 17.5. The van der Waals surface area contributed by atoms with Gasteiger partial charge in [0.1, 0.15) is 0 Å². The van der Waals surface area contributed by atoms with Crippen LogP contribution < -0.4 is 20.4 Å². The number of nitrogens with zero attached hydrogens (tertiary/aromatic N) is 4. The zero-order valence-electron chi connectivity index (χ0n) is 38.0. The Morgan fingerprint density at radius 2 is 0.785 bits per heavy atom. The van der Waals surface area contributed by atoms with Crippen molar-refractivity contribution in [2.75, 3.05) is 88.3 Å². The van der Waals surface area contributed by atoms with Crippen LogP contribution in [0, 0.1) is 46.3 Å². The topological polar surface area (TPSA) is 166 Å². The molecule has 0 aromatic heterocycles. The highest BCUT2D eigenvalue weighted by molar-refractivity contribution is 6.31. The van der Waals surface area contributed by atoms with Gasteiger partial charge in [-0.25, -0.2) is 0 Å². The van der Waals surface area contributed by atoms with E-state index in [1.807, 2.05) is 24.3 Å². The van der Waals surface area contributed by atoms with Crippen molar-refractivity contribution in [3.05, 3.63) is 58.6 Å². The average molecular weight is 1030 g/mol. The molecule has 2 heterocycles. The van der Waals surface area contributed by atoms with E-state index in [2.05, 4.69) is 54.5 Å². The third-order valence-electron chi connectivity index (χ3n) is 16.0. The first-order valence-electron chi connectivity index (χ1n) is 23.2. The van der Waals surface area contributed by atoms with Crippen molar-refractivity contribution in [2.24, 2.45) is 46.3 Å². The summed E-state index contributed by atoms with van der Waals surface area (Å²) >= 11 is 12.3. The summed E-state index contributed by atoms with van der Waals surface area (Å²) in [4.78, 5) is 35.9. The Morgan fingerprint density at radius 1 is 0.492 bits per heavy atom. The highest BCUT2D eigenvalue weighted by Gasteiger charge is 2.55. The van der Waals surface area contributed by atoms with Crippen molar-refractivity contribution in [1.29, 1.82) is 0 Å². The zero-order valence-corrected chi connectivity index (χ0v) is 42.7. The molecule has 372 valence electrons. The molecule has 11 nitrogen and oxygen atoms in total. The van der Waals surface area contributed by atoms with Gasteiger partial charge in [0.25, 0.3) is 0 Å². The van der Waals surface area contributed by atoms with Crippen molar-refractivity contribution >= 4 is 96.0 Å². The highest BCUT2D eigenvalue weighted by atomic mass is 35.5. The number of amides is 2. The fraction of sp³-hybridized carbons (Fsp3) is 0.708. The Morgan fingerprint density at radius 3 is 1.06 bits per heavy atom. The van der Waals surface area contributed by atoms with Crippen molar-refractivity contribution in [1.82, 2.24) is 20.4 Å². The first-order chi connectivity index (χ1) is 28.2. The van der Waals surface area contributed by atoms with Crippen LogP contribution in [0.3, 0.4) is 0 Å². The van der Waals surface area contributed by atoms with Crippen LogP contribution in [0.4, 0.5) is 11.4 Å². The quantitative estimate of drug-likeness (QED) is 0.208. The van der Waals surface area contributed by atoms with Crippen molar-refractivity contribution in [3.8, 4) is 0 Å². The minimum absolute atomic E-state index is 0. The van der Waals surface area contributed by atoms with Gasteiger partial charge in [-0.3, -0.25) is 19.4 Å². The number of nitrogens with one attached hydrogen (secondary N) is 2. The summed E-state index contributed by atoms with van der Waals surface area (Å²) in [7, 11) is 0. The van der Waals surface area contributed by atoms with Crippen LogP contribution in [0.25, 0.3) is 0 Å². The Bertz CT molecular complexity index is 1570. The van der Waals surface area contributed by atoms with E-state index in [0.717, 1.165) is 175 Å². The summed E-state index contributed by atoms with van der Waals surface area (Å²) in [5.41, 5.74) is 2.44. The van der Waals surface area contributed by atoms with E-state index >= 15 is 0 Å². The van der Waals surface area contributed by atoms with Gasteiger partial charge in [0.05, 0.1) is 0 Å². The molecule has 2 amide bonds. The van der Waals surface area contributed by atoms with Gasteiger partial charge in [0, 0.05) is 97.7 Å². The third kappa shape index (κ3) is 14.3. The number of benzene rings is 2. The molecule has 65 heavy (non-hydrogen) atoms. The molecule has 8 bridgehead atoms. The van der Waals surface area contributed by atoms with Gasteiger partial charge in [-0.15, -0.1) is 49.6 Å². The maximum absolute atomic E-state index is 13.0. The van der Waals surface area contributed by atoms with E-state index in [-0.39, 0.29) is 76.9 Å². The van der Waals surface area contributed by atoms with Crippen LogP contribution in [-0.4, -0.2) is 117 Å². The molecule has 0 radical (unpaired) electrons. The Labute approximate surface area is 423 Å². The van der Waals surface area contributed by atoms with Crippen LogP contribution in [0.1, 0.15) is 89.9 Å². The Hall–Kier alpha value is -1.48. The fourth-order valence-electron chi connectivity index (χ4n) is 14.0. The molecule has 8 saturated carbocycles. The predicted molar refractivity (Wildman–Crippen MR) is 277 cm³/mol. The molecular formula is C48H78Cl6N6O5. The second-order valence-corrected chi connectivity index (χ2v) is 21.1. The van der Waals surface area contributed by atoms with Crippen molar-refractivity contribution in [3.63, 3.8) is 0 Å². The molecule has 0 unspecified atom stereocenters. The molecular weight excluding hydrogens is 953 g/mol. The minimum atomic E-state index is -0.00265. The van der Waals surface area contributed by atoms with Gasteiger partial charge < -0.3 is 36.9 Å². The smallest absolute Gasteiger partial charge is 0.226 e. The number of piperazine rings is 2. The zero-order chi connectivity index (χ0) is 39.7. The van der Waals surface area contributed by atoms with E-state index in [9.17, 15) is 9.59 Å². The number of hydrogen-bond donors (Lipinski definition) is 2. The molecule has 17 heteroatoms. The number of halogens is 6. The van der Waals surface area contributed by atoms with Crippen LogP contribution >= 0.6 is 72.8 Å². The SMILES string of the molecule is Cl.Cl.Cl.Cl.O.O.O.O=C(NCCCN1CCN(c2cccc(Cl)c2)CC1)C12CC3CC(CC(C3)C1)C2.O=C(NCCCN1CCN(c2cccc(Cl)c2)CC1)C12CC3CC(CC(C3)C1)C2. The number of carbonyl (C=O) groups is 2. The van der Waals surface area contributed by atoms with Gasteiger partial charge in [0.15, 0.2) is 0 Å². The van der Waals surface area contributed by atoms with Gasteiger partial charge in [-0.2, -0.15) is 0 Å². The number of carbonyl (C=O) groups excluding carboxylic acids is 2. The van der Waals surface area contributed by atoms with Crippen LogP contribution in [0.15, 0.2) is 48.5 Å². The molecule has 2 aliphatic heterocycles. The molecule has 8 N–H and O–H groups in total. The van der Waals surface area contributed by atoms with Gasteiger partial charge in [0.2, 0.25) is 11.8 Å². The monoisotopic (exact) mass is 1030 g/mol. The molecule has 2 aromatic rings. The fourth-order valence-corrected chi connectivity index (χ4v) is 14.3. The molecule has 10 fully saturated rings. The second kappa shape index (κ2) is 26.5. The normalized spacial score (nSPS) is 30.2. The van der Waals surface area contributed by atoms with Crippen LogP contribution in [0.2, 0.25) is 10.0 Å². The second-order valence-electron chi connectivity index (χ2n) is 20.2. The maximum atomic E-state index is 13.0. The summed E-state index contributed by atoms with van der Waals surface area (Å²) in [5.74, 6) is 5.77. The lowest BCUT2D eigenvalue weighted by Gasteiger charge is -2.55. The largest absolute Gasteiger partial charge is 0.412 e. The number of anilines is 2. The van der Waals surface area contributed by atoms with Crippen LogP contribution in [-0.2, 0) is 9.59 Å². The molecule has 0 spiro atoms. The third-order valence-corrected chi connectivity index (χ3v) is 16.5. The summed E-state index contributed by atoms with van der Waals surface area (Å²) in [6, 6.07) is 16.3. The molecule has 12 rings (SSSR count). The first kappa shape index (κ1) is 59.6. The van der Waals surface area contributed by atoms with E-state index in [4.69, 9.17) is 23.2 Å². The lowest BCUT2D eigenvalue weighted by molar-refractivity contribution is -0.146. The molecule has 2 saturated heterocycles. The lowest BCUT2D eigenvalue weighted by Crippen LogP contribution is -2.53. The standard InChI is InChI=1S/2C24H34ClN3O.4ClH.3H2O/c2*25-21-3-1-4-22(14-21)28-9-7-27(8-10-28)6-2-5-26-23(29)24-15-18-11-19(16-24)13-20(12-18)17-24;;;;;;;/h2*1,3-4,14,18-20H,2,5-13,15-17H2,(H,26,29);4*1H;3*1H2. The lowest BCUT2D eigenvalue weighted by atomic mass is 9.49. The van der Waals surface area contributed by atoms with E-state index in [1.54, 1.807) is 0 Å². The highest BCUT2D eigenvalue weighted by Crippen LogP contribution is 2.61. The molecule has 10 aliphatic rings. The predicted octanol–water partition coefficient (Wildman–Crippen LogP) is 7.58. The first-order valence-corrected chi connectivity index (χ1v) is 24.0. The van der Waals surface area contributed by atoms with Crippen molar-refractivity contribution in [2.45, 2.75) is 89.9 Å². The van der Waals surface area contributed by atoms with E-state index in [1.165, 1.54) is 49.9 Å². The van der Waals surface area contributed by atoms with E-state index < -0.39 is 0 Å². The molecule has 0 atom stereocenters. The average Bonchev–Trinajstić information content (AvgIpc) is 3.21. The van der Waals surface area contributed by atoms with Gasteiger partial charge in [-0.05, 0) is 175 Å². The van der Waals surface area contributed by atoms with Gasteiger partial charge >= 0.3 is 0 Å². The Balaban J connectivity index is 0.000000403. The van der Waals surface area contributed by atoms with Gasteiger partial charge in [-0.1, -0.05) is 35.3 Å². The summed E-state index contributed by atoms with van der Waals surface area (Å²) < 4.78 is 0. The summed E-state index contributed by atoms with van der Waals surface area (Å²) in [5, 5.41) is 8.27. The van der Waals surface area contributed by atoms with Crippen molar-refractivity contribution < 1.29 is 26.0 Å². The number of hydrogen-bond acceptors (Lipinski definition) is 6. The van der Waals surface area contributed by atoms with Crippen LogP contribution in [0.5, 0.6) is 0 Å². The van der Waals surface area contributed by atoms with E-state index in [0.29, 0.717) is 11.8 Å². The molecule has 2 aromatic carbocycles. The number of rotatable bonds is 12. The minimum Gasteiger partial charge on any atom is -0.412 e. The maximum Gasteiger partial charge on any atom is 0.226 e. The Kier molecular flexibility index (Phi) is 24.3. The molecule has 8 aliphatic carbocycles.